The number of hydrogen-bond donors (Lipinski definition) is 1. The van der Waals surface area contributed by atoms with Crippen LogP contribution in [-0.2, 0) is 17.5 Å². The molecule has 2 heterocycles. The highest BCUT2D eigenvalue weighted by atomic mass is 35.5. The second-order valence-electron chi connectivity index (χ2n) is 5.03. The molecule has 0 aliphatic rings. The number of rotatable bonds is 6. The van der Waals surface area contributed by atoms with E-state index in [9.17, 15) is 18.0 Å². The van der Waals surface area contributed by atoms with Crippen molar-refractivity contribution in [3.8, 4) is 0 Å². The molecule has 1 N–H and O–H groups in total. The number of carboxylic acids is 1. The van der Waals surface area contributed by atoms with Gasteiger partial charge in [0.25, 0.3) is 0 Å². The molecule has 2 aromatic heterocycles. The lowest BCUT2D eigenvalue weighted by Gasteiger charge is -2.10. The molecule has 0 bridgehead atoms. The van der Waals surface area contributed by atoms with Crippen molar-refractivity contribution in [3.63, 3.8) is 0 Å². The number of imidazole rings is 1. The lowest BCUT2D eigenvalue weighted by Crippen LogP contribution is -2.06. The molecule has 136 valence electrons. The van der Waals surface area contributed by atoms with Gasteiger partial charge in [-0.15, -0.1) is 0 Å². The van der Waals surface area contributed by atoms with Gasteiger partial charge in [-0.3, -0.25) is 4.79 Å². The first kappa shape index (κ1) is 19.9. The highest BCUT2D eigenvalue weighted by Crippen LogP contribution is 2.37. The quantitative estimate of drug-likeness (QED) is 0.726. The third-order valence-electron chi connectivity index (χ3n) is 3.12. The zero-order valence-corrected chi connectivity index (χ0v) is 15.1. The molecular formula is C14H12Cl2F3N3O2S. The summed E-state index contributed by atoms with van der Waals surface area (Å²) in [5.41, 5.74) is -0.427. The number of hydrogen-bond acceptors (Lipinski definition) is 4. The van der Waals surface area contributed by atoms with Gasteiger partial charge in [0.15, 0.2) is 5.16 Å². The maximum atomic E-state index is 12.7. The summed E-state index contributed by atoms with van der Waals surface area (Å²) < 4.78 is 39.6. The summed E-state index contributed by atoms with van der Waals surface area (Å²) >= 11 is 13.0. The van der Waals surface area contributed by atoms with Gasteiger partial charge in [-0.25, -0.2) is 9.97 Å². The van der Waals surface area contributed by atoms with E-state index in [4.69, 9.17) is 28.3 Å². The topological polar surface area (TPSA) is 68.0 Å². The first-order valence-electron chi connectivity index (χ1n) is 6.94. The highest BCUT2D eigenvalue weighted by Gasteiger charge is 2.31. The monoisotopic (exact) mass is 413 g/mol. The number of carboxylic acid groups (broad SMARTS) is 1. The molecule has 0 saturated carbocycles. The fourth-order valence-corrected chi connectivity index (χ4v) is 3.38. The molecule has 0 saturated heterocycles. The van der Waals surface area contributed by atoms with Crippen molar-refractivity contribution < 1.29 is 23.1 Å². The molecule has 0 aliphatic carbocycles. The van der Waals surface area contributed by atoms with Gasteiger partial charge in [-0.2, -0.15) is 13.2 Å². The van der Waals surface area contributed by atoms with Gasteiger partial charge in [0.2, 0.25) is 0 Å². The van der Waals surface area contributed by atoms with Crippen LogP contribution >= 0.6 is 35.0 Å². The van der Waals surface area contributed by atoms with E-state index < -0.39 is 17.7 Å². The number of aryl methyl sites for hydroxylation is 1. The Hall–Kier alpha value is -1.45. The molecule has 0 aliphatic heterocycles. The van der Waals surface area contributed by atoms with Gasteiger partial charge in [0.1, 0.15) is 10.2 Å². The molecule has 0 spiro atoms. The number of halogens is 5. The lowest BCUT2D eigenvalue weighted by molar-refractivity contribution is -0.138. The Morgan fingerprint density at radius 1 is 1.40 bits per heavy atom. The maximum absolute atomic E-state index is 12.7. The van der Waals surface area contributed by atoms with Crippen molar-refractivity contribution in [1.29, 1.82) is 0 Å². The van der Waals surface area contributed by atoms with E-state index >= 15 is 0 Å². The van der Waals surface area contributed by atoms with Gasteiger partial charge in [-0.05, 0) is 31.2 Å². The normalized spacial score (nSPS) is 11.8. The molecule has 0 radical (unpaired) electrons. The number of alkyl halides is 3. The van der Waals surface area contributed by atoms with Gasteiger partial charge in [-0.1, -0.05) is 23.2 Å². The van der Waals surface area contributed by atoms with Crippen LogP contribution in [0, 0.1) is 6.92 Å². The second-order valence-corrected chi connectivity index (χ2v) is 6.75. The Morgan fingerprint density at radius 3 is 2.64 bits per heavy atom. The summed E-state index contributed by atoms with van der Waals surface area (Å²) in [7, 11) is 0. The highest BCUT2D eigenvalue weighted by molar-refractivity contribution is 7.99. The lowest BCUT2D eigenvalue weighted by atomic mass is 10.3. The average Bonchev–Trinajstić information content (AvgIpc) is 2.75. The van der Waals surface area contributed by atoms with Crippen LogP contribution in [0.5, 0.6) is 0 Å². The molecule has 0 fully saturated rings. The summed E-state index contributed by atoms with van der Waals surface area (Å²) in [5.74, 6) is -0.936. The minimum Gasteiger partial charge on any atom is -0.481 e. The van der Waals surface area contributed by atoms with Crippen LogP contribution in [0.4, 0.5) is 13.2 Å². The van der Waals surface area contributed by atoms with Crippen molar-refractivity contribution in [1.82, 2.24) is 14.5 Å². The summed E-state index contributed by atoms with van der Waals surface area (Å²) in [5, 5.41) is 9.41. The first-order chi connectivity index (χ1) is 11.6. The number of aliphatic carboxylic acids is 1. The summed E-state index contributed by atoms with van der Waals surface area (Å²) in [4.78, 5) is 18.6. The van der Waals surface area contributed by atoms with Crippen LogP contribution in [0.15, 0.2) is 22.4 Å². The molecule has 2 aromatic rings. The average molecular weight is 414 g/mol. The Bertz CT molecular complexity index is 796. The maximum Gasteiger partial charge on any atom is 0.417 e. The van der Waals surface area contributed by atoms with Crippen LogP contribution in [0.1, 0.15) is 24.1 Å². The van der Waals surface area contributed by atoms with Crippen LogP contribution < -0.4 is 0 Å². The van der Waals surface area contributed by atoms with Crippen molar-refractivity contribution >= 4 is 40.9 Å². The van der Waals surface area contributed by atoms with Crippen LogP contribution in [0.25, 0.3) is 0 Å². The summed E-state index contributed by atoms with van der Waals surface area (Å²) in [6.45, 7) is 1.97. The van der Waals surface area contributed by atoms with Gasteiger partial charge in [0.05, 0.1) is 16.3 Å². The smallest absolute Gasteiger partial charge is 0.417 e. The fourth-order valence-electron chi connectivity index (χ4n) is 1.93. The molecule has 11 heteroatoms. The largest absolute Gasteiger partial charge is 0.481 e. The molecule has 0 unspecified atom stereocenters. The molecule has 2 rings (SSSR count). The number of aromatic nitrogens is 3. The van der Waals surface area contributed by atoms with E-state index in [1.807, 2.05) is 0 Å². The third kappa shape index (κ3) is 5.02. The van der Waals surface area contributed by atoms with E-state index in [0.717, 1.165) is 17.8 Å². The zero-order chi connectivity index (χ0) is 18.8. The van der Waals surface area contributed by atoms with Crippen LogP contribution in [-0.4, -0.2) is 25.6 Å². The molecule has 5 nitrogen and oxygen atoms in total. The van der Waals surface area contributed by atoms with E-state index in [1.165, 1.54) is 0 Å². The molecule has 0 aromatic carbocycles. The molecule has 0 atom stereocenters. The van der Waals surface area contributed by atoms with Crippen LogP contribution in [0.3, 0.4) is 0 Å². The van der Waals surface area contributed by atoms with Crippen molar-refractivity contribution in [2.75, 3.05) is 0 Å². The first-order valence-corrected chi connectivity index (χ1v) is 8.52. The third-order valence-corrected chi connectivity index (χ3v) is 5.02. The molecule has 25 heavy (non-hydrogen) atoms. The standard InChI is InChI=1S/C14H12Cl2F3N3O2S/c1-7-11(16)22(4-2-3-10(23)24)13(21-7)25-12-9(15)5-8(6-20-12)14(17,18)19/h5-6H,2-4H2,1H3,(H,23,24). The van der Waals surface area contributed by atoms with E-state index in [0.29, 0.717) is 35.2 Å². The SMILES string of the molecule is Cc1nc(Sc2ncc(C(F)(F)F)cc2Cl)n(CCCC(=O)O)c1Cl. The van der Waals surface area contributed by atoms with E-state index in [2.05, 4.69) is 9.97 Å². The van der Waals surface area contributed by atoms with Crippen molar-refractivity contribution in [3.05, 3.63) is 33.7 Å². The Kier molecular flexibility index (Phi) is 6.23. The summed E-state index contributed by atoms with van der Waals surface area (Å²) in [6, 6.07) is 0.795. The predicted octanol–water partition coefficient (Wildman–Crippen LogP) is 4.93. The minimum absolute atomic E-state index is 0.0447. The molecule has 0 amide bonds. The minimum atomic E-state index is -4.53. The second kappa shape index (κ2) is 7.84. The van der Waals surface area contributed by atoms with Gasteiger partial charge < -0.3 is 9.67 Å². The van der Waals surface area contributed by atoms with Crippen molar-refractivity contribution in [2.24, 2.45) is 0 Å². The zero-order valence-electron chi connectivity index (χ0n) is 12.8. The number of nitrogens with zero attached hydrogens (tertiary/aromatic N) is 3. The van der Waals surface area contributed by atoms with Gasteiger partial charge in [0, 0.05) is 19.2 Å². The Morgan fingerprint density at radius 2 is 2.08 bits per heavy atom. The van der Waals surface area contributed by atoms with Crippen molar-refractivity contribution in [2.45, 2.75) is 42.7 Å². The summed E-state index contributed by atoms with van der Waals surface area (Å²) in [6.07, 6.45) is -3.56. The van der Waals surface area contributed by atoms with E-state index in [1.54, 1.807) is 11.5 Å². The Balaban J connectivity index is 2.25. The predicted molar refractivity (Wildman–Crippen MR) is 87.2 cm³/mol. The fraction of sp³-hybridized carbons (Fsp3) is 0.357. The number of pyridine rings is 1. The van der Waals surface area contributed by atoms with Gasteiger partial charge >= 0.3 is 12.1 Å². The molecular weight excluding hydrogens is 402 g/mol. The van der Waals surface area contributed by atoms with Crippen LogP contribution in [0.2, 0.25) is 10.2 Å². The van der Waals surface area contributed by atoms with E-state index in [-0.39, 0.29) is 16.5 Å². The Labute approximate surface area is 155 Å². The number of carbonyl (C=O) groups is 1.